The van der Waals surface area contributed by atoms with Gasteiger partial charge in [-0.3, -0.25) is 0 Å². The van der Waals surface area contributed by atoms with Gasteiger partial charge in [0.25, 0.3) is 0 Å². The molecule has 1 unspecified atom stereocenters. The third kappa shape index (κ3) is 7.35. The number of aliphatic hydroxyl groups is 1. The highest BCUT2D eigenvalue weighted by molar-refractivity contribution is 7.98. The Morgan fingerprint density at radius 1 is 1.35 bits per heavy atom. The molecule has 0 aliphatic heterocycles. The van der Waals surface area contributed by atoms with Gasteiger partial charge in [-0.15, -0.1) is 0 Å². The van der Waals surface area contributed by atoms with Gasteiger partial charge in [-0.1, -0.05) is 18.2 Å². The van der Waals surface area contributed by atoms with E-state index in [-0.39, 0.29) is 11.8 Å². The number of benzene rings is 1. The lowest BCUT2D eigenvalue weighted by molar-refractivity contribution is 0.183. The third-order valence-corrected chi connectivity index (χ3v) is 3.60. The van der Waals surface area contributed by atoms with Crippen molar-refractivity contribution in [2.45, 2.75) is 25.2 Å². The quantitative estimate of drug-likeness (QED) is 0.645. The number of hydrogen-bond acceptors (Lipinski definition) is 3. The van der Waals surface area contributed by atoms with Crippen LogP contribution in [0, 0.1) is 5.82 Å². The molecule has 0 bridgehead atoms. The van der Waals surface area contributed by atoms with E-state index in [1.54, 1.807) is 30.8 Å². The summed E-state index contributed by atoms with van der Waals surface area (Å²) in [7, 11) is 0. The Bertz CT molecular complexity index is 416. The topological polar surface area (TPSA) is 61.4 Å². The Kier molecular flexibility index (Phi) is 8.06. The van der Waals surface area contributed by atoms with Crippen molar-refractivity contribution < 1.29 is 14.3 Å². The van der Waals surface area contributed by atoms with E-state index in [1.165, 1.54) is 6.07 Å². The number of aliphatic hydroxyl groups excluding tert-OH is 1. The number of hydrogen-bond donors (Lipinski definition) is 3. The first-order valence-electron chi connectivity index (χ1n) is 6.60. The Labute approximate surface area is 123 Å². The van der Waals surface area contributed by atoms with E-state index in [1.807, 2.05) is 6.07 Å². The Balaban J connectivity index is 2.04. The van der Waals surface area contributed by atoms with Gasteiger partial charge in [0.2, 0.25) is 0 Å². The number of rotatable bonds is 8. The summed E-state index contributed by atoms with van der Waals surface area (Å²) in [6, 6.07) is 6.45. The van der Waals surface area contributed by atoms with Gasteiger partial charge in [-0.2, -0.15) is 11.8 Å². The van der Waals surface area contributed by atoms with E-state index in [4.69, 9.17) is 5.11 Å². The molecular weight excluding hydrogens is 279 g/mol. The van der Waals surface area contributed by atoms with Crippen LogP contribution in [0.5, 0.6) is 0 Å². The zero-order chi connectivity index (χ0) is 14.8. The molecule has 0 spiro atoms. The van der Waals surface area contributed by atoms with Crippen molar-refractivity contribution in [1.82, 2.24) is 10.6 Å². The monoisotopic (exact) mass is 300 g/mol. The molecule has 1 rings (SSSR count). The maximum Gasteiger partial charge on any atom is 0.314 e. The van der Waals surface area contributed by atoms with Crippen LogP contribution in [-0.4, -0.2) is 36.1 Å². The Hall–Kier alpha value is -1.27. The van der Waals surface area contributed by atoms with Gasteiger partial charge in [0, 0.05) is 24.6 Å². The molecule has 3 N–H and O–H groups in total. The smallest absolute Gasteiger partial charge is 0.314 e. The molecule has 6 heteroatoms. The lowest BCUT2D eigenvalue weighted by Crippen LogP contribution is -2.37. The second-order valence-electron chi connectivity index (χ2n) is 4.46. The van der Waals surface area contributed by atoms with Crippen molar-refractivity contribution in [3.05, 3.63) is 35.6 Å². The number of carbonyl (C=O) groups excluding carboxylic acids is 1. The molecule has 1 aromatic rings. The van der Waals surface area contributed by atoms with Crippen molar-refractivity contribution >= 4 is 17.8 Å². The maximum absolute atomic E-state index is 13.3. The first kappa shape index (κ1) is 16.8. The highest BCUT2D eigenvalue weighted by Crippen LogP contribution is 2.14. The average molecular weight is 300 g/mol. The normalized spacial score (nSPS) is 11.9. The van der Waals surface area contributed by atoms with Crippen LogP contribution in [0.4, 0.5) is 9.18 Å². The van der Waals surface area contributed by atoms with E-state index in [2.05, 4.69) is 10.6 Å². The summed E-state index contributed by atoms with van der Waals surface area (Å²) in [6.07, 6.45) is 0.127. The van der Waals surface area contributed by atoms with E-state index < -0.39 is 6.10 Å². The summed E-state index contributed by atoms with van der Waals surface area (Å²) in [6.45, 7) is 2.66. The summed E-state index contributed by atoms with van der Waals surface area (Å²) < 4.78 is 13.3. The predicted molar refractivity (Wildman–Crippen MR) is 80.3 cm³/mol. The predicted octanol–water partition coefficient (Wildman–Crippen LogP) is 2.13. The second-order valence-corrected chi connectivity index (χ2v) is 5.57. The zero-order valence-electron chi connectivity index (χ0n) is 11.6. The number of halogens is 1. The van der Waals surface area contributed by atoms with E-state index in [0.717, 1.165) is 5.75 Å². The molecule has 0 aliphatic rings. The van der Waals surface area contributed by atoms with E-state index >= 15 is 0 Å². The maximum atomic E-state index is 13.3. The molecule has 0 aromatic heterocycles. The number of nitrogens with one attached hydrogen (secondary N) is 2. The fraction of sp³-hybridized carbons (Fsp3) is 0.500. The molecular formula is C14H21FN2O2S. The van der Waals surface area contributed by atoms with Crippen molar-refractivity contribution in [1.29, 1.82) is 0 Å². The first-order chi connectivity index (χ1) is 9.59. The highest BCUT2D eigenvalue weighted by atomic mass is 32.2. The van der Waals surface area contributed by atoms with Gasteiger partial charge < -0.3 is 15.7 Å². The minimum Gasteiger partial charge on any atom is -0.393 e. The molecule has 4 nitrogen and oxygen atoms in total. The average Bonchev–Trinajstić information content (AvgIpc) is 2.40. The SMILES string of the molecule is CC(O)CCNC(=O)NCCSCc1ccccc1F. The standard InChI is InChI=1S/C14H21FN2O2S/c1-11(18)6-7-16-14(19)17-8-9-20-10-12-4-2-3-5-13(12)15/h2-5,11,18H,6-10H2,1H3,(H2,16,17,19). The molecule has 20 heavy (non-hydrogen) atoms. The Morgan fingerprint density at radius 3 is 2.75 bits per heavy atom. The summed E-state index contributed by atoms with van der Waals surface area (Å²) in [5.41, 5.74) is 0.680. The minimum atomic E-state index is -0.411. The van der Waals surface area contributed by atoms with Crippen LogP contribution in [0.3, 0.4) is 0 Å². The minimum absolute atomic E-state index is 0.191. The van der Waals surface area contributed by atoms with Crippen LogP contribution in [0.15, 0.2) is 24.3 Å². The third-order valence-electron chi connectivity index (χ3n) is 2.60. The van der Waals surface area contributed by atoms with E-state index in [9.17, 15) is 9.18 Å². The van der Waals surface area contributed by atoms with Crippen molar-refractivity contribution in [3.8, 4) is 0 Å². The molecule has 1 atom stereocenters. The van der Waals surface area contributed by atoms with Crippen LogP contribution in [0.25, 0.3) is 0 Å². The molecule has 1 aromatic carbocycles. The lowest BCUT2D eigenvalue weighted by atomic mass is 10.2. The molecule has 0 fully saturated rings. The summed E-state index contributed by atoms with van der Waals surface area (Å²) >= 11 is 1.57. The van der Waals surface area contributed by atoms with Crippen LogP contribution in [-0.2, 0) is 5.75 Å². The number of thioether (sulfide) groups is 1. The summed E-state index contributed by atoms with van der Waals surface area (Å²) in [5, 5.41) is 14.4. The van der Waals surface area contributed by atoms with Gasteiger partial charge in [-0.25, -0.2) is 9.18 Å². The number of amides is 2. The molecule has 0 saturated carbocycles. The van der Waals surface area contributed by atoms with E-state index in [0.29, 0.717) is 30.8 Å². The van der Waals surface area contributed by atoms with Crippen LogP contribution in [0.2, 0.25) is 0 Å². The highest BCUT2D eigenvalue weighted by Gasteiger charge is 2.02. The van der Waals surface area contributed by atoms with Crippen LogP contribution >= 0.6 is 11.8 Å². The van der Waals surface area contributed by atoms with Gasteiger partial charge in [0.1, 0.15) is 5.82 Å². The summed E-state index contributed by atoms with van der Waals surface area (Å²) in [4.78, 5) is 11.3. The van der Waals surface area contributed by atoms with Crippen molar-refractivity contribution in [3.63, 3.8) is 0 Å². The molecule has 0 saturated heterocycles. The first-order valence-corrected chi connectivity index (χ1v) is 7.76. The molecule has 0 aliphatic carbocycles. The van der Waals surface area contributed by atoms with Crippen molar-refractivity contribution in [2.24, 2.45) is 0 Å². The number of urea groups is 1. The van der Waals surface area contributed by atoms with Crippen LogP contribution < -0.4 is 10.6 Å². The van der Waals surface area contributed by atoms with Crippen molar-refractivity contribution in [2.75, 3.05) is 18.8 Å². The summed E-state index contributed by atoms with van der Waals surface area (Å²) in [5.74, 6) is 1.12. The Morgan fingerprint density at radius 2 is 2.05 bits per heavy atom. The van der Waals surface area contributed by atoms with Gasteiger partial charge in [0.15, 0.2) is 0 Å². The second kappa shape index (κ2) is 9.61. The largest absolute Gasteiger partial charge is 0.393 e. The zero-order valence-corrected chi connectivity index (χ0v) is 12.4. The lowest BCUT2D eigenvalue weighted by Gasteiger charge is -2.08. The van der Waals surface area contributed by atoms with Crippen LogP contribution in [0.1, 0.15) is 18.9 Å². The fourth-order valence-corrected chi connectivity index (χ4v) is 2.34. The van der Waals surface area contributed by atoms with Gasteiger partial charge in [0.05, 0.1) is 6.10 Å². The fourth-order valence-electron chi connectivity index (χ4n) is 1.49. The molecule has 2 amide bonds. The number of carbonyl (C=O) groups is 1. The van der Waals surface area contributed by atoms with Gasteiger partial charge >= 0.3 is 6.03 Å². The van der Waals surface area contributed by atoms with Gasteiger partial charge in [-0.05, 0) is 25.0 Å². The molecule has 0 radical (unpaired) electrons. The molecule has 0 heterocycles. The molecule has 112 valence electrons.